The topological polar surface area (TPSA) is 44.4 Å². The molecule has 2 saturated heterocycles. The van der Waals surface area contributed by atoms with Gasteiger partial charge in [0.05, 0.1) is 5.92 Å². The van der Waals surface area contributed by atoms with E-state index in [1.165, 1.54) is 18.5 Å². The molecule has 2 fully saturated rings. The van der Waals surface area contributed by atoms with Crippen molar-refractivity contribution in [1.29, 1.82) is 0 Å². The molecule has 0 aliphatic carbocycles. The summed E-state index contributed by atoms with van der Waals surface area (Å²) in [6.45, 7) is 5.31. The molecule has 2 aliphatic rings. The van der Waals surface area contributed by atoms with E-state index in [0.717, 1.165) is 31.7 Å². The fourth-order valence-electron chi connectivity index (χ4n) is 3.18. The number of carbonyl (C=O) groups is 1. The Morgan fingerprint density at radius 1 is 1.25 bits per heavy atom. The first-order valence-corrected chi connectivity index (χ1v) is 7.63. The van der Waals surface area contributed by atoms with E-state index >= 15 is 0 Å². The molecule has 1 aromatic rings. The van der Waals surface area contributed by atoms with E-state index in [1.54, 1.807) is 0 Å². The van der Waals surface area contributed by atoms with Crippen molar-refractivity contribution in [2.75, 3.05) is 29.9 Å². The van der Waals surface area contributed by atoms with Crippen molar-refractivity contribution in [2.45, 2.75) is 32.2 Å². The summed E-state index contributed by atoms with van der Waals surface area (Å²) in [7, 11) is 0. The van der Waals surface area contributed by atoms with Crippen molar-refractivity contribution in [2.24, 2.45) is 5.92 Å². The average molecular weight is 273 g/mol. The van der Waals surface area contributed by atoms with E-state index in [0.29, 0.717) is 0 Å². The van der Waals surface area contributed by atoms with Gasteiger partial charge in [0.15, 0.2) is 0 Å². The molecular weight excluding hydrogens is 250 g/mol. The van der Waals surface area contributed by atoms with Crippen molar-refractivity contribution < 1.29 is 4.79 Å². The molecule has 2 atom stereocenters. The number of anilines is 2. The smallest absolute Gasteiger partial charge is 0.229 e. The van der Waals surface area contributed by atoms with Crippen molar-refractivity contribution in [3.63, 3.8) is 0 Å². The van der Waals surface area contributed by atoms with Crippen LogP contribution in [0.1, 0.15) is 26.2 Å². The molecule has 2 aliphatic heterocycles. The third kappa shape index (κ3) is 2.80. The Balaban J connectivity index is 1.61. The number of rotatable bonds is 3. The van der Waals surface area contributed by atoms with Crippen LogP contribution >= 0.6 is 0 Å². The fourth-order valence-corrected chi connectivity index (χ4v) is 3.18. The van der Waals surface area contributed by atoms with Crippen LogP contribution in [0.2, 0.25) is 0 Å². The molecule has 3 rings (SSSR count). The molecule has 0 aromatic heterocycles. The van der Waals surface area contributed by atoms with E-state index in [-0.39, 0.29) is 17.9 Å². The fraction of sp³-hybridized carbons (Fsp3) is 0.562. The van der Waals surface area contributed by atoms with Crippen LogP contribution in [0.3, 0.4) is 0 Å². The Kier molecular flexibility index (Phi) is 3.92. The number of carbonyl (C=O) groups excluding carboxylic acids is 1. The van der Waals surface area contributed by atoms with Crippen LogP contribution in [0.15, 0.2) is 24.3 Å². The predicted molar refractivity (Wildman–Crippen MR) is 82.1 cm³/mol. The van der Waals surface area contributed by atoms with Gasteiger partial charge in [-0.1, -0.05) is 0 Å². The maximum atomic E-state index is 12.2. The first-order chi connectivity index (χ1) is 9.74. The number of nitrogens with one attached hydrogen (secondary N) is 2. The Labute approximate surface area is 120 Å². The summed E-state index contributed by atoms with van der Waals surface area (Å²) >= 11 is 0. The van der Waals surface area contributed by atoms with Gasteiger partial charge in [-0.25, -0.2) is 0 Å². The first kappa shape index (κ1) is 13.4. The molecule has 2 heterocycles. The second-order valence-corrected chi connectivity index (χ2v) is 5.87. The maximum Gasteiger partial charge on any atom is 0.229 e. The zero-order chi connectivity index (χ0) is 13.9. The van der Waals surface area contributed by atoms with Gasteiger partial charge in [0, 0.05) is 30.5 Å². The SMILES string of the molecule is CC1NCCC1C(=O)Nc1ccc(N2CCCC2)cc1. The average Bonchev–Trinajstić information content (AvgIpc) is 3.10. The Morgan fingerprint density at radius 2 is 1.95 bits per heavy atom. The van der Waals surface area contributed by atoms with Crippen molar-refractivity contribution in [1.82, 2.24) is 5.32 Å². The van der Waals surface area contributed by atoms with Crippen molar-refractivity contribution >= 4 is 17.3 Å². The molecule has 20 heavy (non-hydrogen) atoms. The van der Waals surface area contributed by atoms with Crippen molar-refractivity contribution in [3.8, 4) is 0 Å². The lowest BCUT2D eigenvalue weighted by Gasteiger charge is -2.18. The lowest BCUT2D eigenvalue weighted by Crippen LogP contribution is -2.32. The highest BCUT2D eigenvalue weighted by Crippen LogP contribution is 2.23. The lowest BCUT2D eigenvalue weighted by molar-refractivity contribution is -0.119. The summed E-state index contributed by atoms with van der Waals surface area (Å²) in [5, 5.41) is 6.35. The van der Waals surface area contributed by atoms with Gasteiger partial charge in [-0.3, -0.25) is 4.79 Å². The maximum absolute atomic E-state index is 12.2. The number of nitrogens with zero attached hydrogens (tertiary/aromatic N) is 1. The van der Waals surface area contributed by atoms with Crippen LogP contribution in [-0.4, -0.2) is 31.6 Å². The molecule has 0 bridgehead atoms. The molecular formula is C16H23N3O. The Morgan fingerprint density at radius 3 is 2.55 bits per heavy atom. The molecule has 108 valence electrons. The molecule has 0 spiro atoms. The minimum atomic E-state index is 0.0910. The monoisotopic (exact) mass is 273 g/mol. The van der Waals surface area contributed by atoms with Gasteiger partial charge >= 0.3 is 0 Å². The van der Waals surface area contributed by atoms with Crippen LogP contribution < -0.4 is 15.5 Å². The molecule has 4 nitrogen and oxygen atoms in total. The summed E-state index contributed by atoms with van der Waals surface area (Å²) in [5.41, 5.74) is 2.16. The Hall–Kier alpha value is -1.55. The van der Waals surface area contributed by atoms with Crippen LogP contribution in [0.25, 0.3) is 0 Å². The van der Waals surface area contributed by atoms with E-state index < -0.39 is 0 Å². The van der Waals surface area contributed by atoms with Gasteiger partial charge in [-0.2, -0.15) is 0 Å². The second-order valence-electron chi connectivity index (χ2n) is 5.87. The molecule has 2 N–H and O–H groups in total. The van der Waals surface area contributed by atoms with E-state index in [4.69, 9.17) is 0 Å². The largest absolute Gasteiger partial charge is 0.372 e. The van der Waals surface area contributed by atoms with Crippen LogP contribution in [0.5, 0.6) is 0 Å². The predicted octanol–water partition coefficient (Wildman–Crippen LogP) is 2.22. The van der Waals surface area contributed by atoms with Crippen LogP contribution in [0, 0.1) is 5.92 Å². The number of hydrogen-bond acceptors (Lipinski definition) is 3. The minimum Gasteiger partial charge on any atom is -0.372 e. The van der Waals surface area contributed by atoms with Gasteiger partial charge < -0.3 is 15.5 Å². The quantitative estimate of drug-likeness (QED) is 0.887. The summed E-state index contributed by atoms with van der Waals surface area (Å²) < 4.78 is 0. The summed E-state index contributed by atoms with van der Waals surface area (Å²) in [4.78, 5) is 14.6. The Bertz CT molecular complexity index is 465. The van der Waals surface area contributed by atoms with E-state index in [9.17, 15) is 4.79 Å². The highest BCUT2D eigenvalue weighted by atomic mass is 16.1. The summed E-state index contributed by atoms with van der Waals surface area (Å²) in [6, 6.07) is 8.52. The zero-order valence-electron chi connectivity index (χ0n) is 12.1. The third-order valence-corrected chi connectivity index (χ3v) is 4.47. The third-order valence-electron chi connectivity index (χ3n) is 4.47. The van der Waals surface area contributed by atoms with Gasteiger partial charge in [0.25, 0.3) is 0 Å². The number of benzene rings is 1. The van der Waals surface area contributed by atoms with Crippen LogP contribution in [-0.2, 0) is 4.79 Å². The van der Waals surface area contributed by atoms with Gasteiger partial charge in [-0.15, -0.1) is 0 Å². The van der Waals surface area contributed by atoms with Crippen molar-refractivity contribution in [3.05, 3.63) is 24.3 Å². The van der Waals surface area contributed by atoms with Gasteiger partial charge in [0.2, 0.25) is 5.91 Å². The van der Waals surface area contributed by atoms with E-state index in [2.05, 4.69) is 34.6 Å². The molecule has 0 saturated carbocycles. The standard InChI is InChI=1S/C16H23N3O/c1-12-15(8-9-17-12)16(20)18-13-4-6-14(7-5-13)19-10-2-3-11-19/h4-7,12,15,17H,2-3,8-11H2,1H3,(H,18,20). The first-order valence-electron chi connectivity index (χ1n) is 7.63. The zero-order valence-corrected chi connectivity index (χ0v) is 12.1. The highest BCUT2D eigenvalue weighted by molar-refractivity contribution is 5.93. The number of amides is 1. The minimum absolute atomic E-state index is 0.0910. The summed E-state index contributed by atoms with van der Waals surface area (Å²) in [6.07, 6.45) is 3.50. The highest BCUT2D eigenvalue weighted by Gasteiger charge is 2.29. The lowest BCUT2D eigenvalue weighted by atomic mass is 10.0. The molecule has 1 aromatic carbocycles. The molecule has 0 radical (unpaired) electrons. The normalized spacial score (nSPS) is 25.9. The molecule has 4 heteroatoms. The number of hydrogen-bond donors (Lipinski definition) is 2. The van der Waals surface area contributed by atoms with Crippen LogP contribution in [0.4, 0.5) is 11.4 Å². The second kappa shape index (κ2) is 5.83. The molecule has 1 amide bonds. The summed E-state index contributed by atoms with van der Waals surface area (Å²) in [5.74, 6) is 0.227. The van der Waals surface area contributed by atoms with E-state index in [1.807, 2.05) is 12.1 Å². The molecule has 2 unspecified atom stereocenters. The van der Waals surface area contributed by atoms with Gasteiger partial charge in [0.1, 0.15) is 0 Å². The van der Waals surface area contributed by atoms with Gasteiger partial charge in [-0.05, 0) is 57.0 Å².